The summed E-state index contributed by atoms with van der Waals surface area (Å²) in [6.07, 6.45) is 0. The lowest BCUT2D eigenvalue weighted by molar-refractivity contribution is 0.627. The van der Waals surface area contributed by atoms with Crippen molar-refractivity contribution in [2.24, 2.45) is 0 Å². The molecule has 146 valence electrons. The van der Waals surface area contributed by atoms with Gasteiger partial charge in [0, 0.05) is 17.3 Å². The standard InChI is InChI=1S/C22H19F2N5/c1-13(2)25-21-20-19(12-11-18(27-20)14-3-5-15(23)6-4-14)28-22(29-21)26-17-9-7-16(24)8-10-17/h3-13H,1-2H3,(H2,25,26,28,29). The number of nitrogens with one attached hydrogen (secondary N) is 2. The number of aromatic nitrogens is 3. The van der Waals surface area contributed by atoms with Crippen LogP contribution in [-0.4, -0.2) is 21.0 Å². The molecule has 0 aliphatic heterocycles. The van der Waals surface area contributed by atoms with Crippen molar-refractivity contribution < 1.29 is 8.78 Å². The molecule has 0 bridgehead atoms. The zero-order chi connectivity index (χ0) is 20.4. The topological polar surface area (TPSA) is 62.7 Å². The van der Waals surface area contributed by atoms with Crippen LogP contribution < -0.4 is 10.6 Å². The van der Waals surface area contributed by atoms with Gasteiger partial charge in [-0.25, -0.2) is 18.7 Å². The largest absolute Gasteiger partial charge is 0.366 e. The fourth-order valence-corrected chi connectivity index (χ4v) is 2.89. The van der Waals surface area contributed by atoms with Crippen molar-refractivity contribution in [3.05, 3.63) is 72.3 Å². The van der Waals surface area contributed by atoms with Crippen LogP contribution in [0.25, 0.3) is 22.3 Å². The average Bonchev–Trinajstić information content (AvgIpc) is 2.70. The highest BCUT2D eigenvalue weighted by molar-refractivity contribution is 5.88. The molecule has 0 aliphatic rings. The molecule has 0 radical (unpaired) electrons. The third-order valence-corrected chi connectivity index (χ3v) is 4.21. The zero-order valence-electron chi connectivity index (χ0n) is 15.9. The molecule has 0 spiro atoms. The van der Waals surface area contributed by atoms with Crippen LogP contribution in [0.2, 0.25) is 0 Å². The smallest absolute Gasteiger partial charge is 0.229 e. The highest BCUT2D eigenvalue weighted by atomic mass is 19.1. The maximum Gasteiger partial charge on any atom is 0.229 e. The number of rotatable bonds is 5. The summed E-state index contributed by atoms with van der Waals surface area (Å²) in [5.41, 5.74) is 3.45. The molecule has 0 unspecified atom stereocenters. The van der Waals surface area contributed by atoms with Gasteiger partial charge in [-0.05, 0) is 74.5 Å². The van der Waals surface area contributed by atoms with Crippen LogP contribution in [0, 0.1) is 11.6 Å². The number of hydrogen-bond acceptors (Lipinski definition) is 5. The van der Waals surface area contributed by atoms with Crippen molar-refractivity contribution in [1.29, 1.82) is 0 Å². The van der Waals surface area contributed by atoms with Gasteiger partial charge in [0.25, 0.3) is 0 Å². The molecule has 2 aromatic carbocycles. The van der Waals surface area contributed by atoms with E-state index in [-0.39, 0.29) is 17.7 Å². The Morgan fingerprint density at radius 1 is 0.759 bits per heavy atom. The van der Waals surface area contributed by atoms with Crippen molar-refractivity contribution in [3.63, 3.8) is 0 Å². The normalized spacial score (nSPS) is 11.1. The van der Waals surface area contributed by atoms with Gasteiger partial charge in [-0.15, -0.1) is 0 Å². The van der Waals surface area contributed by atoms with Gasteiger partial charge < -0.3 is 10.6 Å². The summed E-state index contributed by atoms with van der Waals surface area (Å²) in [5, 5.41) is 6.39. The number of fused-ring (bicyclic) bond motifs is 1. The maximum absolute atomic E-state index is 13.2. The quantitative estimate of drug-likeness (QED) is 0.468. The third kappa shape index (κ3) is 4.29. The van der Waals surface area contributed by atoms with E-state index in [9.17, 15) is 8.78 Å². The van der Waals surface area contributed by atoms with E-state index in [1.54, 1.807) is 24.3 Å². The molecule has 7 heteroatoms. The van der Waals surface area contributed by atoms with Crippen LogP contribution in [-0.2, 0) is 0 Å². The Bertz CT molecular complexity index is 1140. The van der Waals surface area contributed by atoms with Gasteiger partial charge >= 0.3 is 0 Å². The first-order valence-electron chi connectivity index (χ1n) is 9.22. The van der Waals surface area contributed by atoms with Crippen LogP contribution in [0.15, 0.2) is 60.7 Å². The second-order valence-electron chi connectivity index (χ2n) is 6.90. The molecule has 29 heavy (non-hydrogen) atoms. The van der Waals surface area contributed by atoms with Crippen molar-refractivity contribution in [2.75, 3.05) is 10.6 Å². The van der Waals surface area contributed by atoms with E-state index in [1.807, 2.05) is 26.0 Å². The van der Waals surface area contributed by atoms with E-state index in [1.165, 1.54) is 24.3 Å². The molecular formula is C22H19F2N5. The predicted octanol–water partition coefficient (Wildman–Crippen LogP) is 5.53. The fraction of sp³-hybridized carbons (Fsp3) is 0.136. The molecule has 4 aromatic rings. The first-order chi connectivity index (χ1) is 14.0. The second-order valence-corrected chi connectivity index (χ2v) is 6.90. The van der Waals surface area contributed by atoms with E-state index < -0.39 is 0 Å². The Hall–Kier alpha value is -3.61. The average molecular weight is 391 g/mol. The molecule has 2 N–H and O–H groups in total. The summed E-state index contributed by atoms with van der Waals surface area (Å²) in [7, 11) is 0. The molecule has 0 fully saturated rings. The summed E-state index contributed by atoms with van der Waals surface area (Å²) in [4.78, 5) is 13.8. The van der Waals surface area contributed by atoms with Crippen LogP contribution >= 0.6 is 0 Å². The van der Waals surface area contributed by atoms with E-state index in [0.717, 1.165) is 5.56 Å². The number of benzene rings is 2. The van der Waals surface area contributed by atoms with Crippen LogP contribution in [0.4, 0.5) is 26.2 Å². The van der Waals surface area contributed by atoms with Crippen molar-refractivity contribution in [1.82, 2.24) is 15.0 Å². The molecular weight excluding hydrogens is 372 g/mol. The molecule has 0 amide bonds. The zero-order valence-corrected chi connectivity index (χ0v) is 15.9. The minimum absolute atomic E-state index is 0.128. The SMILES string of the molecule is CC(C)Nc1nc(Nc2ccc(F)cc2)nc2ccc(-c3ccc(F)cc3)nc12. The number of nitrogens with zero attached hydrogens (tertiary/aromatic N) is 3. The first kappa shape index (κ1) is 18.7. The third-order valence-electron chi connectivity index (χ3n) is 4.21. The Balaban J connectivity index is 1.77. The van der Waals surface area contributed by atoms with E-state index >= 15 is 0 Å². The number of halogens is 2. The second kappa shape index (κ2) is 7.79. The number of anilines is 3. The van der Waals surface area contributed by atoms with Gasteiger partial charge in [0.1, 0.15) is 17.2 Å². The molecule has 0 aliphatic carbocycles. The molecule has 2 heterocycles. The van der Waals surface area contributed by atoms with Gasteiger partial charge in [-0.2, -0.15) is 4.98 Å². The van der Waals surface area contributed by atoms with Gasteiger partial charge in [-0.1, -0.05) is 0 Å². The summed E-state index contributed by atoms with van der Waals surface area (Å²) in [5.74, 6) is 0.355. The number of hydrogen-bond donors (Lipinski definition) is 2. The van der Waals surface area contributed by atoms with Gasteiger partial charge in [0.15, 0.2) is 5.82 Å². The number of pyridine rings is 1. The Labute approximate surface area is 166 Å². The fourth-order valence-electron chi connectivity index (χ4n) is 2.89. The van der Waals surface area contributed by atoms with E-state index in [4.69, 9.17) is 4.98 Å². The molecule has 4 rings (SSSR count). The van der Waals surface area contributed by atoms with Crippen LogP contribution in [0.3, 0.4) is 0 Å². The first-order valence-corrected chi connectivity index (χ1v) is 9.22. The lowest BCUT2D eigenvalue weighted by Crippen LogP contribution is -2.13. The van der Waals surface area contributed by atoms with Gasteiger partial charge in [-0.3, -0.25) is 0 Å². The minimum Gasteiger partial charge on any atom is -0.366 e. The van der Waals surface area contributed by atoms with Crippen molar-refractivity contribution in [2.45, 2.75) is 19.9 Å². The molecule has 2 aromatic heterocycles. The summed E-state index contributed by atoms with van der Waals surface area (Å²) >= 11 is 0. The predicted molar refractivity (Wildman–Crippen MR) is 111 cm³/mol. The van der Waals surface area contributed by atoms with Gasteiger partial charge in [0.05, 0.1) is 11.2 Å². The summed E-state index contributed by atoms with van der Waals surface area (Å²) < 4.78 is 26.4. The molecule has 0 saturated heterocycles. The molecule has 0 atom stereocenters. The molecule has 5 nitrogen and oxygen atoms in total. The summed E-state index contributed by atoms with van der Waals surface area (Å²) in [6.45, 7) is 4.01. The van der Waals surface area contributed by atoms with E-state index in [0.29, 0.717) is 34.2 Å². The Morgan fingerprint density at radius 3 is 2.07 bits per heavy atom. The van der Waals surface area contributed by atoms with Gasteiger partial charge in [0.2, 0.25) is 5.95 Å². The lowest BCUT2D eigenvalue weighted by Gasteiger charge is -2.14. The van der Waals surface area contributed by atoms with Crippen LogP contribution in [0.1, 0.15) is 13.8 Å². The highest BCUT2D eigenvalue weighted by Gasteiger charge is 2.12. The molecule has 0 saturated carbocycles. The summed E-state index contributed by atoms with van der Waals surface area (Å²) in [6, 6.07) is 16.0. The maximum atomic E-state index is 13.2. The lowest BCUT2D eigenvalue weighted by atomic mass is 10.1. The highest BCUT2D eigenvalue weighted by Crippen LogP contribution is 2.26. The minimum atomic E-state index is -0.310. The van der Waals surface area contributed by atoms with Crippen LogP contribution in [0.5, 0.6) is 0 Å². The van der Waals surface area contributed by atoms with E-state index in [2.05, 4.69) is 20.6 Å². The van der Waals surface area contributed by atoms with Crippen molar-refractivity contribution >= 4 is 28.5 Å². The Morgan fingerprint density at radius 2 is 1.41 bits per heavy atom. The Kier molecular flexibility index (Phi) is 5.03. The van der Waals surface area contributed by atoms with Crippen molar-refractivity contribution in [3.8, 4) is 11.3 Å². The monoisotopic (exact) mass is 391 g/mol.